The molecule has 0 saturated carbocycles. The number of ether oxygens (including phenoxy) is 1. The summed E-state index contributed by atoms with van der Waals surface area (Å²) >= 11 is 0. The Morgan fingerprint density at radius 3 is 2.19 bits per heavy atom. The van der Waals surface area contributed by atoms with Crippen LogP contribution in [0.15, 0.2) is 36.4 Å². The van der Waals surface area contributed by atoms with Crippen molar-refractivity contribution in [3.63, 3.8) is 0 Å². The van der Waals surface area contributed by atoms with Gasteiger partial charge in [0.15, 0.2) is 0 Å². The molecule has 21 heavy (non-hydrogen) atoms. The van der Waals surface area contributed by atoms with Crippen molar-refractivity contribution in [1.29, 1.82) is 0 Å². The van der Waals surface area contributed by atoms with Gasteiger partial charge in [0.25, 0.3) is 0 Å². The largest absolute Gasteiger partial charge is 0.378 e. The average Bonchev–Trinajstić information content (AvgIpc) is 2.53. The monoisotopic (exact) mass is 279 g/mol. The van der Waals surface area contributed by atoms with Gasteiger partial charge in [-0.05, 0) is 36.8 Å². The summed E-state index contributed by atoms with van der Waals surface area (Å²) in [6.45, 7) is 5.60. The molecule has 0 aliphatic carbocycles. The summed E-state index contributed by atoms with van der Waals surface area (Å²) in [6, 6.07) is 12.3. The topological polar surface area (TPSA) is 38.2 Å². The Kier molecular flexibility index (Phi) is 2.97. The Morgan fingerprint density at radius 1 is 0.905 bits per heavy atom. The highest BCUT2D eigenvalue weighted by Gasteiger charge is 2.15. The van der Waals surface area contributed by atoms with Crippen LogP contribution in [0.5, 0.6) is 0 Å². The lowest BCUT2D eigenvalue weighted by Crippen LogP contribution is -2.36. The number of hydrogen-bond acceptors (Lipinski definition) is 4. The van der Waals surface area contributed by atoms with Crippen molar-refractivity contribution in [3.05, 3.63) is 42.0 Å². The lowest BCUT2D eigenvalue weighted by atomic mass is 10.1. The van der Waals surface area contributed by atoms with Crippen molar-refractivity contribution in [1.82, 2.24) is 9.97 Å². The molecule has 1 saturated heterocycles. The van der Waals surface area contributed by atoms with Crippen LogP contribution < -0.4 is 4.90 Å². The first-order chi connectivity index (χ1) is 10.3. The predicted molar refractivity (Wildman–Crippen MR) is 84.8 cm³/mol. The fourth-order valence-electron chi connectivity index (χ4n) is 2.91. The van der Waals surface area contributed by atoms with Crippen molar-refractivity contribution in [2.24, 2.45) is 0 Å². The minimum Gasteiger partial charge on any atom is -0.378 e. The summed E-state index contributed by atoms with van der Waals surface area (Å²) in [6.07, 6.45) is 0. The van der Waals surface area contributed by atoms with E-state index in [-0.39, 0.29) is 0 Å². The maximum atomic E-state index is 5.44. The third-order valence-electron chi connectivity index (χ3n) is 4.01. The van der Waals surface area contributed by atoms with Crippen molar-refractivity contribution in [3.8, 4) is 0 Å². The highest BCUT2D eigenvalue weighted by atomic mass is 16.5. The Balaban J connectivity index is 1.88. The van der Waals surface area contributed by atoms with E-state index in [9.17, 15) is 0 Å². The van der Waals surface area contributed by atoms with Gasteiger partial charge < -0.3 is 9.64 Å². The molecule has 1 fully saturated rings. The standard InChI is InChI=1S/C17H17N3O/c1-12-10-15-16(11-17(12)20-6-8-21-9-7-20)19-14-5-3-2-4-13(14)18-15/h2-5,10-11H,6-9H2,1H3. The number of aryl methyl sites for hydroxylation is 1. The minimum absolute atomic E-state index is 0.793. The van der Waals surface area contributed by atoms with Gasteiger partial charge in [-0.25, -0.2) is 9.97 Å². The highest BCUT2D eigenvalue weighted by molar-refractivity contribution is 5.88. The molecule has 4 rings (SSSR count). The van der Waals surface area contributed by atoms with E-state index in [1.165, 1.54) is 11.3 Å². The average molecular weight is 279 g/mol. The Bertz CT molecular complexity index is 810. The van der Waals surface area contributed by atoms with Crippen LogP contribution in [0.3, 0.4) is 0 Å². The van der Waals surface area contributed by atoms with Gasteiger partial charge in [-0.1, -0.05) is 12.1 Å². The quantitative estimate of drug-likeness (QED) is 0.642. The predicted octanol–water partition coefficient (Wildman–Crippen LogP) is 2.93. The summed E-state index contributed by atoms with van der Waals surface area (Å²) in [7, 11) is 0. The lowest BCUT2D eigenvalue weighted by molar-refractivity contribution is 0.122. The molecule has 0 amide bonds. The lowest BCUT2D eigenvalue weighted by Gasteiger charge is -2.30. The number of morpholine rings is 1. The maximum absolute atomic E-state index is 5.44. The summed E-state index contributed by atoms with van der Waals surface area (Å²) in [5.41, 5.74) is 6.30. The van der Waals surface area contributed by atoms with Crippen LogP contribution in [0.25, 0.3) is 22.1 Å². The summed E-state index contributed by atoms with van der Waals surface area (Å²) < 4.78 is 5.44. The van der Waals surface area contributed by atoms with Gasteiger partial charge in [0.05, 0.1) is 35.3 Å². The van der Waals surface area contributed by atoms with E-state index in [1.54, 1.807) is 0 Å². The normalized spacial score (nSPS) is 15.8. The zero-order valence-corrected chi connectivity index (χ0v) is 12.0. The summed E-state index contributed by atoms with van der Waals surface area (Å²) in [4.78, 5) is 11.8. The first-order valence-electron chi connectivity index (χ1n) is 7.31. The second-order valence-electron chi connectivity index (χ2n) is 5.44. The molecule has 0 bridgehead atoms. The number of aromatic nitrogens is 2. The van der Waals surface area contributed by atoms with Crippen LogP contribution >= 0.6 is 0 Å². The SMILES string of the molecule is Cc1cc2nc3ccccc3nc2cc1N1CCOCC1. The molecular formula is C17H17N3O. The third-order valence-corrected chi connectivity index (χ3v) is 4.01. The summed E-state index contributed by atoms with van der Waals surface area (Å²) in [5, 5.41) is 0. The minimum atomic E-state index is 0.793. The fraction of sp³-hybridized carbons (Fsp3) is 0.294. The highest BCUT2D eigenvalue weighted by Crippen LogP contribution is 2.26. The molecule has 0 N–H and O–H groups in total. The van der Waals surface area contributed by atoms with Gasteiger partial charge in [0.2, 0.25) is 0 Å². The Labute approximate surface area is 123 Å². The van der Waals surface area contributed by atoms with E-state index in [0.29, 0.717) is 0 Å². The smallest absolute Gasteiger partial charge is 0.0915 e. The van der Waals surface area contributed by atoms with Crippen LogP contribution in [0.1, 0.15) is 5.56 Å². The zero-order valence-electron chi connectivity index (χ0n) is 12.0. The molecule has 4 heteroatoms. The fourth-order valence-corrected chi connectivity index (χ4v) is 2.91. The van der Waals surface area contributed by atoms with Gasteiger partial charge >= 0.3 is 0 Å². The van der Waals surface area contributed by atoms with E-state index in [4.69, 9.17) is 14.7 Å². The molecule has 4 nitrogen and oxygen atoms in total. The maximum Gasteiger partial charge on any atom is 0.0915 e. The van der Waals surface area contributed by atoms with Crippen molar-refractivity contribution in [2.45, 2.75) is 6.92 Å². The second kappa shape index (κ2) is 4.97. The van der Waals surface area contributed by atoms with E-state index in [0.717, 1.165) is 48.4 Å². The number of fused-ring (bicyclic) bond motifs is 2. The van der Waals surface area contributed by atoms with E-state index in [1.807, 2.05) is 24.3 Å². The molecule has 0 radical (unpaired) electrons. The van der Waals surface area contributed by atoms with E-state index in [2.05, 4.69) is 24.0 Å². The van der Waals surface area contributed by atoms with Gasteiger partial charge in [-0.15, -0.1) is 0 Å². The number of rotatable bonds is 1. The number of nitrogens with zero attached hydrogens (tertiary/aromatic N) is 3. The molecule has 2 heterocycles. The number of hydrogen-bond donors (Lipinski definition) is 0. The third kappa shape index (κ3) is 2.21. The Hall–Kier alpha value is -2.20. The Morgan fingerprint density at radius 2 is 1.52 bits per heavy atom. The molecule has 106 valence electrons. The van der Waals surface area contributed by atoms with Gasteiger partial charge in [-0.2, -0.15) is 0 Å². The molecular weight excluding hydrogens is 262 g/mol. The van der Waals surface area contributed by atoms with Crippen LogP contribution in [-0.2, 0) is 4.74 Å². The van der Waals surface area contributed by atoms with Gasteiger partial charge in [-0.3, -0.25) is 0 Å². The van der Waals surface area contributed by atoms with Crippen molar-refractivity contribution < 1.29 is 4.74 Å². The molecule has 0 unspecified atom stereocenters. The molecule has 1 aliphatic heterocycles. The zero-order chi connectivity index (χ0) is 14.2. The number of benzene rings is 2. The molecule has 2 aromatic carbocycles. The van der Waals surface area contributed by atoms with Crippen LogP contribution in [-0.4, -0.2) is 36.3 Å². The first-order valence-corrected chi connectivity index (χ1v) is 7.31. The van der Waals surface area contributed by atoms with Crippen LogP contribution in [0.4, 0.5) is 5.69 Å². The molecule has 0 atom stereocenters. The van der Waals surface area contributed by atoms with Crippen LogP contribution in [0, 0.1) is 6.92 Å². The van der Waals surface area contributed by atoms with Crippen molar-refractivity contribution in [2.75, 3.05) is 31.2 Å². The van der Waals surface area contributed by atoms with Gasteiger partial charge in [0, 0.05) is 18.8 Å². The van der Waals surface area contributed by atoms with Crippen LogP contribution in [0.2, 0.25) is 0 Å². The molecule has 0 spiro atoms. The van der Waals surface area contributed by atoms with Gasteiger partial charge in [0.1, 0.15) is 0 Å². The first kappa shape index (κ1) is 12.5. The molecule has 1 aromatic heterocycles. The number of anilines is 1. The second-order valence-corrected chi connectivity index (χ2v) is 5.44. The van der Waals surface area contributed by atoms with E-state index >= 15 is 0 Å². The van der Waals surface area contributed by atoms with Crippen molar-refractivity contribution >= 4 is 27.8 Å². The number of para-hydroxylation sites is 2. The van der Waals surface area contributed by atoms with E-state index < -0.39 is 0 Å². The molecule has 3 aromatic rings. The summed E-state index contributed by atoms with van der Waals surface area (Å²) in [5.74, 6) is 0. The molecule has 1 aliphatic rings.